The molecule has 0 aliphatic rings. The van der Waals surface area contributed by atoms with Gasteiger partial charge in [0.05, 0.1) is 11.0 Å². The first-order valence-corrected chi connectivity index (χ1v) is 5.69. The maximum Gasteiger partial charge on any atom is 0.422 e. The minimum Gasteiger partial charge on any atom is -0.482 e. The fourth-order valence-electron chi connectivity index (χ4n) is 1.04. The summed E-state index contributed by atoms with van der Waals surface area (Å²) in [6.45, 7) is -1.39. The molecule has 3 nitrogen and oxygen atoms in total. The molecular formula is C10H9BrF3NO2. The van der Waals surface area contributed by atoms with Gasteiger partial charge in [0.2, 0.25) is 5.91 Å². The summed E-state index contributed by atoms with van der Waals surface area (Å²) in [7, 11) is 0. The Morgan fingerprint density at radius 2 is 2.00 bits per heavy atom. The summed E-state index contributed by atoms with van der Waals surface area (Å²) < 4.78 is 40.5. The average molecular weight is 312 g/mol. The standard InChI is InChI=1S/C10H9BrF3NO2/c11-5-9(16)15-7-3-1-2-4-8(7)17-6-10(12,13)14/h1-4H,5-6H2,(H,15,16). The summed E-state index contributed by atoms with van der Waals surface area (Å²) in [5, 5.41) is 2.47. The van der Waals surface area contributed by atoms with E-state index in [1.807, 2.05) is 0 Å². The molecule has 1 aromatic carbocycles. The lowest BCUT2D eigenvalue weighted by Gasteiger charge is -2.13. The molecule has 0 aromatic heterocycles. The van der Waals surface area contributed by atoms with Gasteiger partial charge < -0.3 is 10.1 Å². The molecule has 0 aliphatic carbocycles. The maximum atomic E-state index is 12.0. The van der Waals surface area contributed by atoms with Crippen molar-refractivity contribution in [3.05, 3.63) is 24.3 Å². The van der Waals surface area contributed by atoms with Crippen LogP contribution in [0.2, 0.25) is 0 Å². The van der Waals surface area contributed by atoms with Gasteiger partial charge in [0.1, 0.15) is 5.75 Å². The molecule has 0 saturated heterocycles. The lowest BCUT2D eigenvalue weighted by Crippen LogP contribution is -2.20. The Morgan fingerprint density at radius 3 is 2.59 bits per heavy atom. The van der Waals surface area contributed by atoms with Gasteiger partial charge in [-0.3, -0.25) is 4.79 Å². The van der Waals surface area contributed by atoms with Gasteiger partial charge in [0.15, 0.2) is 6.61 Å². The molecule has 7 heteroatoms. The minimum atomic E-state index is -4.41. The fourth-order valence-corrected chi connectivity index (χ4v) is 1.18. The van der Waals surface area contributed by atoms with E-state index in [4.69, 9.17) is 0 Å². The first-order valence-electron chi connectivity index (χ1n) is 4.57. The van der Waals surface area contributed by atoms with Gasteiger partial charge >= 0.3 is 6.18 Å². The molecule has 0 fully saturated rings. The molecule has 1 amide bonds. The number of amides is 1. The van der Waals surface area contributed by atoms with Crippen LogP contribution in [0.25, 0.3) is 0 Å². The lowest BCUT2D eigenvalue weighted by molar-refractivity contribution is -0.153. The van der Waals surface area contributed by atoms with Gasteiger partial charge in [-0.05, 0) is 12.1 Å². The van der Waals surface area contributed by atoms with Gasteiger partial charge in [0, 0.05) is 0 Å². The summed E-state index contributed by atoms with van der Waals surface area (Å²) in [5.41, 5.74) is 0.209. The Bertz CT molecular complexity index is 395. The zero-order valence-corrected chi connectivity index (χ0v) is 10.1. The second-order valence-electron chi connectivity index (χ2n) is 3.08. The van der Waals surface area contributed by atoms with Gasteiger partial charge in [-0.1, -0.05) is 28.1 Å². The number of para-hydroxylation sites is 2. The molecule has 0 radical (unpaired) electrons. The Hall–Kier alpha value is -1.24. The van der Waals surface area contributed by atoms with Crippen molar-refractivity contribution in [2.24, 2.45) is 0 Å². The number of hydrogen-bond donors (Lipinski definition) is 1. The molecule has 94 valence electrons. The second-order valence-corrected chi connectivity index (χ2v) is 3.64. The predicted octanol–water partition coefficient (Wildman–Crippen LogP) is 2.96. The number of carbonyl (C=O) groups is 1. The zero-order chi connectivity index (χ0) is 12.9. The van der Waals surface area contributed by atoms with E-state index in [2.05, 4.69) is 26.0 Å². The Balaban J connectivity index is 2.74. The van der Waals surface area contributed by atoms with E-state index in [0.29, 0.717) is 0 Å². The summed E-state index contributed by atoms with van der Waals surface area (Å²) in [6.07, 6.45) is -4.41. The predicted molar refractivity (Wildman–Crippen MR) is 60.4 cm³/mol. The molecule has 17 heavy (non-hydrogen) atoms. The van der Waals surface area contributed by atoms with Crippen molar-refractivity contribution in [1.29, 1.82) is 0 Å². The summed E-state index contributed by atoms with van der Waals surface area (Å²) in [5.74, 6) is -0.382. The van der Waals surface area contributed by atoms with Gasteiger partial charge in [-0.15, -0.1) is 0 Å². The molecule has 1 aromatic rings. The smallest absolute Gasteiger partial charge is 0.422 e. The Labute approximate surface area is 104 Å². The maximum absolute atomic E-state index is 12.0. The zero-order valence-electron chi connectivity index (χ0n) is 8.55. The van der Waals surface area contributed by atoms with Crippen LogP contribution in [0.15, 0.2) is 24.3 Å². The van der Waals surface area contributed by atoms with Crippen LogP contribution in [0, 0.1) is 0 Å². The van der Waals surface area contributed by atoms with Crippen LogP contribution in [0.5, 0.6) is 5.75 Å². The first kappa shape index (κ1) is 13.8. The minimum absolute atomic E-state index is 0.0147. The van der Waals surface area contributed by atoms with Gasteiger partial charge in [-0.2, -0.15) is 13.2 Å². The van der Waals surface area contributed by atoms with E-state index in [-0.39, 0.29) is 22.7 Å². The van der Waals surface area contributed by atoms with E-state index < -0.39 is 12.8 Å². The van der Waals surface area contributed by atoms with Crippen LogP contribution >= 0.6 is 15.9 Å². The van der Waals surface area contributed by atoms with Crippen molar-refractivity contribution in [1.82, 2.24) is 0 Å². The highest BCUT2D eigenvalue weighted by atomic mass is 79.9. The van der Waals surface area contributed by atoms with Crippen LogP contribution in [-0.2, 0) is 4.79 Å². The molecule has 0 aliphatic heterocycles. The number of rotatable bonds is 4. The normalized spacial score (nSPS) is 11.1. The summed E-state index contributed by atoms with van der Waals surface area (Å²) in [4.78, 5) is 11.1. The van der Waals surface area contributed by atoms with E-state index >= 15 is 0 Å². The van der Waals surface area contributed by atoms with Crippen molar-refractivity contribution >= 4 is 27.5 Å². The molecule has 0 atom stereocenters. The Morgan fingerprint density at radius 1 is 1.35 bits per heavy atom. The monoisotopic (exact) mass is 311 g/mol. The topological polar surface area (TPSA) is 38.3 Å². The van der Waals surface area contributed by atoms with Crippen LogP contribution < -0.4 is 10.1 Å². The average Bonchev–Trinajstić information content (AvgIpc) is 2.26. The third-order valence-electron chi connectivity index (χ3n) is 1.67. The molecule has 0 unspecified atom stereocenters. The van der Waals surface area contributed by atoms with Gasteiger partial charge in [-0.25, -0.2) is 0 Å². The first-order chi connectivity index (χ1) is 7.92. The molecule has 0 spiro atoms. The molecule has 1 rings (SSSR count). The quantitative estimate of drug-likeness (QED) is 0.868. The number of alkyl halides is 4. The highest BCUT2D eigenvalue weighted by Gasteiger charge is 2.28. The second kappa shape index (κ2) is 5.90. The number of carbonyl (C=O) groups excluding carboxylic acids is 1. The number of nitrogens with one attached hydrogen (secondary N) is 1. The van der Waals surface area contributed by atoms with E-state index in [1.165, 1.54) is 18.2 Å². The van der Waals surface area contributed by atoms with Crippen molar-refractivity contribution < 1.29 is 22.7 Å². The van der Waals surface area contributed by atoms with Crippen molar-refractivity contribution in [3.63, 3.8) is 0 Å². The highest BCUT2D eigenvalue weighted by molar-refractivity contribution is 9.09. The van der Waals surface area contributed by atoms with Crippen molar-refractivity contribution in [2.45, 2.75) is 6.18 Å². The molecule has 0 bridgehead atoms. The number of benzene rings is 1. The van der Waals surface area contributed by atoms with Crippen LogP contribution in [0.3, 0.4) is 0 Å². The molecule has 0 heterocycles. The van der Waals surface area contributed by atoms with Gasteiger partial charge in [0.25, 0.3) is 0 Å². The third-order valence-corrected chi connectivity index (χ3v) is 2.18. The van der Waals surface area contributed by atoms with Crippen LogP contribution in [0.4, 0.5) is 18.9 Å². The number of halogens is 4. The van der Waals surface area contributed by atoms with Crippen molar-refractivity contribution in [3.8, 4) is 5.75 Å². The summed E-state index contributed by atoms with van der Waals surface area (Å²) in [6, 6.07) is 5.93. The number of anilines is 1. The SMILES string of the molecule is O=C(CBr)Nc1ccccc1OCC(F)(F)F. The largest absolute Gasteiger partial charge is 0.482 e. The van der Waals surface area contributed by atoms with Crippen LogP contribution in [-0.4, -0.2) is 24.0 Å². The molecular weight excluding hydrogens is 303 g/mol. The van der Waals surface area contributed by atoms with E-state index in [0.717, 1.165) is 0 Å². The Kier molecular flexibility index (Phi) is 4.80. The number of ether oxygens (including phenoxy) is 1. The summed E-state index contributed by atoms with van der Waals surface area (Å²) >= 11 is 2.93. The fraction of sp³-hybridized carbons (Fsp3) is 0.300. The molecule has 1 N–H and O–H groups in total. The van der Waals surface area contributed by atoms with Crippen LogP contribution in [0.1, 0.15) is 0 Å². The highest BCUT2D eigenvalue weighted by Crippen LogP contribution is 2.26. The lowest BCUT2D eigenvalue weighted by atomic mass is 10.3. The molecule has 0 saturated carbocycles. The van der Waals surface area contributed by atoms with E-state index in [1.54, 1.807) is 6.07 Å². The number of hydrogen-bond acceptors (Lipinski definition) is 2. The third kappa shape index (κ3) is 5.08. The van der Waals surface area contributed by atoms with Crippen molar-refractivity contribution in [2.75, 3.05) is 17.3 Å². The van der Waals surface area contributed by atoms with E-state index in [9.17, 15) is 18.0 Å².